The van der Waals surface area contributed by atoms with Gasteiger partial charge in [0.15, 0.2) is 0 Å². The van der Waals surface area contributed by atoms with Crippen LogP contribution in [0.4, 0.5) is 4.39 Å². The van der Waals surface area contributed by atoms with Crippen molar-refractivity contribution in [2.75, 3.05) is 13.1 Å². The van der Waals surface area contributed by atoms with Gasteiger partial charge in [0.25, 0.3) is 0 Å². The minimum absolute atomic E-state index is 0.165. The number of rotatable bonds is 7. The zero-order chi connectivity index (χ0) is 13.7. The molecule has 0 amide bonds. The normalized spacial score (nSPS) is 13.0. The predicted molar refractivity (Wildman–Crippen MR) is 81.2 cm³/mol. The van der Waals surface area contributed by atoms with Gasteiger partial charge in [-0.25, -0.2) is 4.39 Å². The number of hydrogen-bond donors (Lipinski definition) is 2. The Bertz CT molecular complexity index is 524. The molecular weight excluding hydrogens is 259 g/mol. The van der Waals surface area contributed by atoms with E-state index in [0.717, 1.165) is 36.1 Å². The first-order valence-corrected chi connectivity index (χ1v) is 7.62. The van der Waals surface area contributed by atoms with Gasteiger partial charge in [-0.05, 0) is 49.5 Å². The molecule has 2 nitrogen and oxygen atoms in total. The fourth-order valence-corrected chi connectivity index (χ4v) is 2.99. The van der Waals surface area contributed by atoms with Gasteiger partial charge in [-0.15, -0.1) is 11.3 Å². The van der Waals surface area contributed by atoms with Crippen molar-refractivity contribution in [3.05, 3.63) is 35.0 Å². The molecule has 0 saturated carbocycles. The van der Waals surface area contributed by atoms with Crippen LogP contribution in [0.2, 0.25) is 0 Å². The third kappa shape index (κ3) is 4.27. The Morgan fingerprint density at radius 1 is 1.32 bits per heavy atom. The highest BCUT2D eigenvalue weighted by atomic mass is 32.1. The maximum Gasteiger partial charge on any atom is 0.123 e. The average molecular weight is 280 g/mol. The summed E-state index contributed by atoms with van der Waals surface area (Å²) in [6.07, 6.45) is 1.16. The summed E-state index contributed by atoms with van der Waals surface area (Å²) in [6, 6.07) is 7.48. The molecule has 4 heteroatoms. The van der Waals surface area contributed by atoms with Crippen LogP contribution in [0.25, 0.3) is 10.1 Å². The predicted octanol–water partition coefficient (Wildman–Crippen LogP) is 3.52. The molecule has 0 saturated heterocycles. The van der Waals surface area contributed by atoms with Gasteiger partial charge >= 0.3 is 0 Å². The van der Waals surface area contributed by atoms with Crippen LogP contribution in [0.15, 0.2) is 24.3 Å². The zero-order valence-corrected chi connectivity index (χ0v) is 12.3. The van der Waals surface area contributed by atoms with E-state index >= 15 is 0 Å². The summed E-state index contributed by atoms with van der Waals surface area (Å²) >= 11 is 1.73. The highest BCUT2D eigenvalue weighted by molar-refractivity contribution is 7.19. The van der Waals surface area contributed by atoms with E-state index in [1.807, 2.05) is 6.07 Å². The van der Waals surface area contributed by atoms with Gasteiger partial charge in [0.2, 0.25) is 0 Å². The van der Waals surface area contributed by atoms with Crippen LogP contribution < -0.4 is 10.6 Å². The lowest BCUT2D eigenvalue weighted by molar-refractivity contribution is 0.503. The molecule has 0 aliphatic carbocycles. The van der Waals surface area contributed by atoms with Gasteiger partial charge in [-0.3, -0.25) is 0 Å². The number of fused-ring (bicyclic) bond motifs is 1. The van der Waals surface area contributed by atoms with Crippen molar-refractivity contribution in [1.29, 1.82) is 0 Å². The van der Waals surface area contributed by atoms with E-state index in [-0.39, 0.29) is 5.82 Å². The van der Waals surface area contributed by atoms with E-state index in [1.165, 1.54) is 10.9 Å². The maximum atomic E-state index is 13.1. The summed E-state index contributed by atoms with van der Waals surface area (Å²) in [4.78, 5) is 1.25. The van der Waals surface area contributed by atoms with Crippen molar-refractivity contribution in [2.24, 2.45) is 0 Å². The van der Waals surface area contributed by atoms with Crippen molar-refractivity contribution in [2.45, 2.75) is 32.9 Å². The summed E-state index contributed by atoms with van der Waals surface area (Å²) in [6.45, 7) is 7.23. The monoisotopic (exact) mass is 280 g/mol. The molecule has 1 unspecified atom stereocenters. The van der Waals surface area contributed by atoms with E-state index in [9.17, 15) is 4.39 Å². The molecule has 0 bridgehead atoms. The van der Waals surface area contributed by atoms with Gasteiger partial charge in [0, 0.05) is 28.7 Å². The van der Waals surface area contributed by atoms with Crippen molar-refractivity contribution >= 4 is 21.4 Å². The second kappa shape index (κ2) is 6.98. The zero-order valence-electron chi connectivity index (χ0n) is 11.5. The van der Waals surface area contributed by atoms with Crippen molar-refractivity contribution in [3.63, 3.8) is 0 Å². The summed E-state index contributed by atoms with van der Waals surface area (Å²) < 4.78 is 14.3. The van der Waals surface area contributed by atoms with E-state index in [1.54, 1.807) is 17.4 Å². The first-order chi connectivity index (χ1) is 9.19. The SMILES string of the molecule is CCCNCC(C)NCc1cc2cc(F)ccc2s1. The minimum atomic E-state index is -0.165. The van der Waals surface area contributed by atoms with Gasteiger partial charge in [-0.1, -0.05) is 6.92 Å². The molecule has 2 rings (SSSR count). The fraction of sp³-hybridized carbons (Fsp3) is 0.467. The van der Waals surface area contributed by atoms with Gasteiger partial charge < -0.3 is 10.6 Å². The minimum Gasteiger partial charge on any atom is -0.315 e. The highest BCUT2D eigenvalue weighted by Crippen LogP contribution is 2.26. The lowest BCUT2D eigenvalue weighted by Gasteiger charge is -2.13. The summed E-state index contributed by atoms with van der Waals surface area (Å²) in [5, 5.41) is 7.88. The molecule has 104 valence electrons. The maximum absolute atomic E-state index is 13.1. The largest absolute Gasteiger partial charge is 0.315 e. The fourth-order valence-electron chi connectivity index (χ4n) is 2.00. The van der Waals surface area contributed by atoms with Gasteiger partial charge in [-0.2, -0.15) is 0 Å². The Labute approximate surface area is 118 Å². The van der Waals surface area contributed by atoms with Crippen molar-refractivity contribution in [3.8, 4) is 0 Å². The molecule has 1 heterocycles. The van der Waals surface area contributed by atoms with Crippen LogP contribution >= 0.6 is 11.3 Å². The Morgan fingerprint density at radius 2 is 2.16 bits per heavy atom. The number of halogens is 1. The third-order valence-corrected chi connectivity index (χ3v) is 4.15. The van der Waals surface area contributed by atoms with E-state index in [2.05, 4.69) is 30.5 Å². The Balaban J connectivity index is 1.87. The van der Waals surface area contributed by atoms with Crippen molar-refractivity contribution in [1.82, 2.24) is 10.6 Å². The summed E-state index contributed by atoms with van der Waals surface area (Å²) in [7, 11) is 0. The summed E-state index contributed by atoms with van der Waals surface area (Å²) in [5.41, 5.74) is 0. The number of thiophene rings is 1. The number of nitrogens with one attached hydrogen (secondary N) is 2. The summed E-state index contributed by atoms with van der Waals surface area (Å²) in [5.74, 6) is -0.165. The quantitative estimate of drug-likeness (QED) is 0.758. The molecular formula is C15H21FN2S. The Morgan fingerprint density at radius 3 is 2.95 bits per heavy atom. The Kier molecular flexibility index (Phi) is 5.31. The first kappa shape index (κ1) is 14.4. The molecule has 0 aliphatic rings. The van der Waals surface area contributed by atoms with Crippen LogP contribution in [0, 0.1) is 5.82 Å². The van der Waals surface area contributed by atoms with Crippen LogP contribution in [0.3, 0.4) is 0 Å². The van der Waals surface area contributed by atoms with Crippen molar-refractivity contribution < 1.29 is 4.39 Å². The van der Waals surface area contributed by atoms with Crippen LogP contribution in [0.1, 0.15) is 25.1 Å². The molecule has 19 heavy (non-hydrogen) atoms. The molecule has 0 radical (unpaired) electrons. The molecule has 0 fully saturated rings. The Hall–Kier alpha value is -0.970. The van der Waals surface area contributed by atoms with Crippen LogP contribution in [-0.4, -0.2) is 19.1 Å². The third-order valence-electron chi connectivity index (χ3n) is 3.03. The highest BCUT2D eigenvalue weighted by Gasteiger charge is 2.05. The van der Waals surface area contributed by atoms with E-state index < -0.39 is 0 Å². The number of hydrogen-bond acceptors (Lipinski definition) is 3. The lowest BCUT2D eigenvalue weighted by atomic mass is 10.2. The molecule has 1 aromatic heterocycles. The standard InChI is InChI=1S/C15H21FN2S/c1-3-6-17-9-11(2)18-10-14-8-12-7-13(16)4-5-15(12)19-14/h4-5,7-8,11,17-18H,3,6,9-10H2,1-2H3. The smallest absolute Gasteiger partial charge is 0.123 e. The molecule has 0 aliphatic heterocycles. The molecule has 1 aromatic carbocycles. The van der Waals surface area contributed by atoms with Gasteiger partial charge in [0.1, 0.15) is 5.82 Å². The molecule has 0 spiro atoms. The first-order valence-electron chi connectivity index (χ1n) is 6.81. The second-order valence-electron chi connectivity index (χ2n) is 4.88. The van der Waals surface area contributed by atoms with E-state index in [0.29, 0.717) is 6.04 Å². The topological polar surface area (TPSA) is 24.1 Å². The van der Waals surface area contributed by atoms with Gasteiger partial charge in [0.05, 0.1) is 0 Å². The lowest BCUT2D eigenvalue weighted by Crippen LogP contribution is -2.36. The second-order valence-corrected chi connectivity index (χ2v) is 6.05. The molecule has 2 N–H and O–H groups in total. The molecule has 2 aromatic rings. The average Bonchev–Trinajstić information content (AvgIpc) is 2.78. The van der Waals surface area contributed by atoms with Crippen LogP contribution in [0.5, 0.6) is 0 Å². The van der Waals surface area contributed by atoms with E-state index in [4.69, 9.17) is 0 Å². The molecule has 1 atom stereocenters. The number of benzene rings is 1. The van der Waals surface area contributed by atoms with Crippen LogP contribution in [-0.2, 0) is 6.54 Å².